The molecule has 1 N–H and O–H groups in total. The fourth-order valence-corrected chi connectivity index (χ4v) is 3.37. The van der Waals surface area contributed by atoms with Crippen LogP contribution in [0.2, 0.25) is 0 Å². The molecular formula is C29H31Cl2O2Ti-2. The Morgan fingerprint density at radius 3 is 1.76 bits per heavy atom. The molecule has 0 unspecified atom stereocenters. The quantitative estimate of drug-likeness (QED) is 0.402. The van der Waals surface area contributed by atoms with Crippen molar-refractivity contribution in [1.82, 2.24) is 0 Å². The van der Waals surface area contributed by atoms with Gasteiger partial charge in [0.15, 0.2) is 0 Å². The number of hydrogen-bond acceptors (Lipinski definition) is 2. The predicted molar refractivity (Wildman–Crippen MR) is 131 cm³/mol. The topological polar surface area (TPSA) is 29.5 Å². The van der Waals surface area contributed by atoms with Crippen LogP contribution >= 0.6 is 0 Å². The van der Waals surface area contributed by atoms with E-state index in [1.807, 2.05) is 30.4 Å². The van der Waals surface area contributed by atoms with E-state index in [9.17, 15) is 5.11 Å². The van der Waals surface area contributed by atoms with Crippen LogP contribution in [-0.2, 0) is 25.4 Å². The molecule has 179 valence electrons. The van der Waals surface area contributed by atoms with Gasteiger partial charge in [-0.15, -0.1) is 6.42 Å². The molecule has 2 nitrogen and oxygen atoms in total. The number of phenols is 1. The van der Waals surface area contributed by atoms with Crippen LogP contribution in [0.3, 0.4) is 0 Å². The van der Waals surface area contributed by atoms with Crippen molar-refractivity contribution >= 4 is 3.81 Å². The summed E-state index contributed by atoms with van der Waals surface area (Å²) in [6, 6.07) is 26.3. The van der Waals surface area contributed by atoms with E-state index in [0.29, 0.717) is 5.75 Å². The molecule has 1 aliphatic rings. The van der Waals surface area contributed by atoms with E-state index in [1.165, 1.54) is 14.9 Å². The van der Waals surface area contributed by atoms with Crippen molar-refractivity contribution in [2.75, 3.05) is 7.11 Å². The van der Waals surface area contributed by atoms with Crippen molar-refractivity contribution < 1.29 is 54.6 Å². The van der Waals surface area contributed by atoms with Gasteiger partial charge in [0.05, 0.1) is 7.11 Å². The second-order valence-electron chi connectivity index (χ2n) is 8.28. The van der Waals surface area contributed by atoms with Gasteiger partial charge in [0, 0.05) is 6.07 Å². The molecule has 3 aromatic carbocycles. The van der Waals surface area contributed by atoms with E-state index in [2.05, 4.69) is 101 Å². The Balaban J connectivity index is 0.000000509. The van der Waals surface area contributed by atoms with Crippen molar-refractivity contribution in [2.45, 2.75) is 32.6 Å². The van der Waals surface area contributed by atoms with Gasteiger partial charge >= 0.3 is 95.6 Å². The van der Waals surface area contributed by atoms with Crippen LogP contribution in [0, 0.1) is 6.08 Å². The molecule has 0 spiro atoms. The molecule has 0 amide bonds. The maximum absolute atomic E-state index is 9.41. The zero-order chi connectivity index (χ0) is 23.4. The van der Waals surface area contributed by atoms with E-state index >= 15 is 0 Å². The van der Waals surface area contributed by atoms with Gasteiger partial charge < -0.3 is 34.7 Å². The zero-order valence-corrected chi connectivity index (χ0v) is 23.1. The number of hydrogen-bond donors (Lipinski definition) is 1. The van der Waals surface area contributed by atoms with Crippen LogP contribution < -0.4 is 29.6 Å². The van der Waals surface area contributed by atoms with Crippen molar-refractivity contribution in [3.8, 4) is 11.5 Å². The number of halogens is 2. The minimum atomic E-state index is 0. The van der Waals surface area contributed by atoms with E-state index in [4.69, 9.17) is 4.74 Å². The molecule has 1 aliphatic carbocycles. The predicted octanol–water partition coefficient (Wildman–Crippen LogP) is 0.814. The summed E-state index contributed by atoms with van der Waals surface area (Å²) < 4.78 is 6.40. The Kier molecular flexibility index (Phi) is 15.5. The number of rotatable bonds is 3. The summed E-state index contributed by atoms with van der Waals surface area (Å²) in [5, 5.41) is 9.41. The summed E-state index contributed by atoms with van der Waals surface area (Å²) in [6.07, 6.45) is 10.0. The van der Waals surface area contributed by atoms with Gasteiger partial charge in [-0.25, -0.2) is 12.2 Å². The number of allylic oxidation sites excluding steroid dienone is 4. The molecule has 3 aromatic rings. The van der Waals surface area contributed by atoms with Gasteiger partial charge in [-0.05, 0) is 23.1 Å². The second-order valence-corrected chi connectivity index (χ2v) is 9.06. The number of aromatic hydroxyl groups is 1. The Morgan fingerprint density at radius 1 is 0.882 bits per heavy atom. The molecule has 4 rings (SSSR count). The van der Waals surface area contributed by atoms with Gasteiger partial charge in [0.2, 0.25) is 0 Å². The van der Waals surface area contributed by atoms with Gasteiger partial charge in [-0.2, -0.15) is 6.08 Å². The number of phenolic OH excluding ortho intramolecular Hbond substituents is 1. The molecular weight excluding hydrogens is 499 g/mol. The first kappa shape index (κ1) is 31.9. The number of ether oxygens (including phenoxy) is 1. The van der Waals surface area contributed by atoms with E-state index < -0.39 is 0 Å². The molecule has 34 heavy (non-hydrogen) atoms. The summed E-state index contributed by atoms with van der Waals surface area (Å²) in [5.74, 6) is 0.953. The van der Waals surface area contributed by atoms with E-state index in [1.54, 1.807) is 19.2 Å². The SMILES string of the molecule is COc1cc(O)cc(C(C)(C)C)c1.[C-]1=CC=CC1.[Cl-].[Cl-].[Ti+]=[C](c1ccccc1)c1ccccc1. The summed E-state index contributed by atoms with van der Waals surface area (Å²) in [6.45, 7) is 6.30. The summed E-state index contributed by atoms with van der Waals surface area (Å²) in [7, 11) is 1.60. The normalized spacial score (nSPS) is 11.0. The molecule has 0 bridgehead atoms. The van der Waals surface area contributed by atoms with Crippen LogP contribution in [0.25, 0.3) is 0 Å². The first-order valence-corrected chi connectivity index (χ1v) is 11.4. The van der Waals surface area contributed by atoms with Gasteiger partial charge in [-0.1, -0.05) is 20.8 Å². The molecule has 0 atom stereocenters. The van der Waals surface area contributed by atoms with Crippen molar-refractivity contribution in [2.24, 2.45) is 0 Å². The van der Waals surface area contributed by atoms with Crippen LogP contribution in [0.4, 0.5) is 0 Å². The summed E-state index contributed by atoms with van der Waals surface area (Å²) in [4.78, 5) is 0. The van der Waals surface area contributed by atoms with Crippen LogP contribution in [0.15, 0.2) is 97.1 Å². The first-order chi connectivity index (χ1) is 15.3. The van der Waals surface area contributed by atoms with Gasteiger partial charge in [-0.3, -0.25) is 6.08 Å². The van der Waals surface area contributed by atoms with Crippen molar-refractivity contribution in [3.63, 3.8) is 0 Å². The molecule has 0 fully saturated rings. The average Bonchev–Trinajstić information content (AvgIpc) is 3.39. The standard InChI is InChI=1S/C13H10.C11H16O2.C5H5.2ClH.Ti/c1-3-7-12(8-4-1)11-13-9-5-2-6-10-13;1-11(2,3)8-5-9(12)7-10(6-8)13-4;1-2-4-5-3-1;;;/h1-10H;5-7,12H,1-4H3;1-3H,4H2;2*1H;/q;;-1;;;+1/p-2. The third-order valence-corrected chi connectivity index (χ3v) is 5.61. The molecule has 0 saturated heterocycles. The van der Waals surface area contributed by atoms with E-state index in [-0.39, 0.29) is 36.0 Å². The Bertz CT molecular complexity index is 989. The molecule has 0 aliphatic heterocycles. The monoisotopic (exact) mass is 529 g/mol. The number of methoxy groups -OCH3 is 1. The van der Waals surface area contributed by atoms with E-state index in [0.717, 1.165) is 12.0 Å². The molecule has 0 saturated carbocycles. The van der Waals surface area contributed by atoms with Crippen molar-refractivity contribution in [1.29, 1.82) is 0 Å². The second kappa shape index (κ2) is 16.5. The Hall–Kier alpha value is -2.10. The molecule has 0 heterocycles. The zero-order valence-electron chi connectivity index (χ0n) is 20.1. The fourth-order valence-electron chi connectivity index (χ4n) is 2.85. The van der Waals surface area contributed by atoms with Gasteiger partial charge in [0.25, 0.3) is 0 Å². The number of benzene rings is 3. The molecule has 5 heteroatoms. The maximum atomic E-state index is 9.41. The average molecular weight is 530 g/mol. The molecule has 0 aromatic heterocycles. The third-order valence-electron chi connectivity index (χ3n) is 4.70. The van der Waals surface area contributed by atoms with Crippen LogP contribution in [0.1, 0.15) is 43.9 Å². The van der Waals surface area contributed by atoms with Crippen LogP contribution in [0.5, 0.6) is 11.5 Å². The third kappa shape index (κ3) is 11.4. The first-order valence-electron chi connectivity index (χ1n) is 10.6. The Morgan fingerprint density at radius 2 is 1.41 bits per heavy atom. The summed E-state index contributed by atoms with van der Waals surface area (Å²) >= 11 is 2.16. The van der Waals surface area contributed by atoms with Crippen molar-refractivity contribution in [3.05, 3.63) is 120 Å². The fraction of sp³-hybridized carbons (Fsp3) is 0.207. The molecule has 0 radical (unpaired) electrons. The summed E-state index contributed by atoms with van der Waals surface area (Å²) in [5.41, 5.74) is 3.69. The minimum absolute atomic E-state index is 0. The Labute approximate surface area is 228 Å². The van der Waals surface area contributed by atoms with Gasteiger partial charge in [0.1, 0.15) is 11.5 Å². The van der Waals surface area contributed by atoms with Crippen LogP contribution in [-0.4, -0.2) is 16.0 Å².